The highest BCUT2D eigenvalue weighted by atomic mass is 32.2. The molecule has 0 aliphatic heterocycles. The first-order valence-electron chi connectivity index (χ1n) is 4.91. The lowest BCUT2D eigenvalue weighted by molar-refractivity contribution is 0.100. The molecule has 16 heavy (non-hydrogen) atoms. The molecule has 4 nitrogen and oxygen atoms in total. The molecule has 6 heteroatoms. The predicted molar refractivity (Wildman–Crippen MR) is 68.1 cm³/mol. The van der Waals surface area contributed by atoms with Crippen molar-refractivity contribution >= 4 is 28.0 Å². The van der Waals surface area contributed by atoms with E-state index in [1.165, 1.54) is 11.3 Å². The summed E-state index contributed by atoms with van der Waals surface area (Å²) in [6, 6.07) is 1.79. The SMILES string of the molecule is CC(CNCc1cc(C(N)=O)cs1)S(C)=O. The van der Waals surface area contributed by atoms with Gasteiger partial charge in [0, 0.05) is 45.7 Å². The number of amides is 1. The van der Waals surface area contributed by atoms with E-state index in [0.717, 1.165) is 4.88 Å². The van der Waals surface area contributed by atoms with Crippen LogP contribution in [0.4, 0.5) is 0 Å². The highest BCUT2D eigenvalue weighted by Crippen LogP contribution is 2.13. The van der Waals surface area contributed by atoms with E-state index >= 15 is 0 Å². The Balaban J connectivity index is 2.37. The monoisotopic (exact) mass is 260 g/mol. The predicted octanol–water partition coefficient (Wildman–Crippen LogP) is 0.704. The summed E-state index contributed by atoms with van der Waals surface area (Å²) in [6.45, 7) is 3.32. The molecule has 90 valence electrons. The fourth-order valence-electron chi connectivity index (χ4n) is 1.12. The van der Waals surface area contributed by atoms with Gasteiger partial charge in [-0.25, -0.2) is 0 Å². The fourth-order valence-corrected chi connectivity index (χ4v) is 2.31. The summed E-state index contributed by atoms with van der Waals surface area (Å²) in [5.74, 6) is -0.398. The van der Waals surface area contributed by atoms with Crippen molar-refractivity contribution in [3.8, 4) is 0 Å². The smallest absolute Gasteiger partial charge is 0.249 e. The first-order chi connectivity index (χ1) is 7.50. The van der Waals surface area contributed by atoms with E-state index in [4.69, 9.17) is 5.73 Å². The van der Waals surface area contributed by atoms with Crippen LogP contribution in [0.15, 0.2) is 11.4 Å². The van der Waals surface area contributed by atoms with Crippen LogP contribution < -0.4 is 11.1 Å². The van der Waals surface area contributed by atoms with Gasteiger partial charge in [-0.3, -0.25) is 9.00 Å². The minimum absolute atomic E-state index is 0.135. The van der Waals surface area contributed by atoms with Crippen molar-refractivity contribution in [3.05, 3.63) is 21.9 Å². The zero-order valence-electron chi connectivity index (χ0n) is 9.36. The van der Waals surface area contributed by atoms with E-state index in [2.05, 4.69) is 5.32 Å². The van der Waals surface area contributed by atoms with E-state index in [-0.39, 0.29) is 5.25 Å². The largest absolute Gasteiger partial charge is 0.366 e. The molecule has 1 heterocycles. The second-order valence-electron chi connectivity index (χ2n) is 3.61. The third kappa shape index (κ3) is 4.03. The van der Waals surface area contributed by atoms with E-state index in [0.29, 0.717) is 18.7 Å². The molecule has 0 saturated carbocycles. The van der Waals surface area contributed by atoms with E-state index in [9.17, 15) is 9.00 Å². The van der Waals surface area contributed by atoms with Crippen LogP contribution in [0.2, 0.25) is 0 Å². The lowest BCUT2D eigenvalue weighted by atomic mass is 10.3. The van der Waals surface area contributed by atoms with Gasteiger partial charge in [0.05, 0.1) is 5.56 Å². The van der Waals surface area contributed by atoms with Crippen molar-refractivity contribution in [2.75, 3.05) is 12.8 Å². The molecule has 0 aliphatic rings. The molecule has 0 spiro atoms. The molecule has 0 bridgehead atoms. The number of primary amides is 1. The fraction of sp³-hybridized carbons (Fsp3) is 0.500. The summed E-state index contributed by atoms with van der Waals surface area (Å²) in [4.78, 5) is 11.9. The minimum atomic E-state index is -0.804. The van der Waals surface area contributed by atoms with Crippen LogP contribution >= 0.6 is 11.3 Å². The Bertz CT molecular complexity index is 390. The van der Waals surface area contributed by atoms with E-state index in [1.54, 1.807) is 17.7 Å². The topological polar surface area (TPSA) is 72.2 Å². The van der Waals surface area contributed by atoms with Crippen LogP contribution in [0.3, 0.4) is 0 Å². The average Bonchev–Trinajstić information content (AvgIpc) is 2.66. The van der Waals surface area contributed by atoms with Gasteiger partial charge in [0.2, 0.25) is 5.91 Å². The lowest BCUT2D eigenvalue weighted by Crippen LogP contribution is -2.26. The molecule has 1 amide bonds. The third-order valence-corrected chi connectivity index (χ3v) is 4.47. The Kier molecular flexibility index (Phi) is 5.11. The molecule has 0 fully saturated rings. The number of thiophene rings is 1. The van der Waals surface area contributed by atoms with Crippen LogP contribution in [-0.2, 0) is 17.3 Å². The zero-order chi connectivity index (χ0) is 12.1. The lowest BCUT2D eigenvalue weighted by Gasteiger charge is -2.08. The number of hydrogen-bond donors (Lipinski definition) is 2. The zero-order valence-corrected chi connectivity index (χ0v) is 11.0. The van der Waals surface area contributed by atoms with Crippen molar-refractivity contribution in [2.45, 2.75) is 18.7 Å². The molecule has 2 atom stereocenters. The summed E-state index contributed by atoms with van der Waals surface area (Å²) in [5, 5.41) is 5.09. The van der Waals surface area contributed by atoms with Crippen molar-refractivity contribution in [1.82, 2.24) is 5.32 Å². The van der Waals surface area contributed by atoms with Gasteiger partial charge in [-0.2, -0.15) is 0 Å². The van der Waals surface area contributed by atoms with E-state index in [1.807, 2.05) is 6.92 Å². The number of nitrogens with one attached hydrogen (secondary N) is 1. The van der Waals surface area contributed by atoms with Gasteiger partial charge in [0.1, 0.15) is 0 Å². The Morgan fingerprint density at radius 2 is 2.38 bits per heavy atom. The third-order valence-electron chi connectivity index (χ3n) is 2.24. The second kappa shape index (κ2) is 6.12. The minimum Gasteiger partial charge on any atom is -0.366 e. The van der Waals surface area contributed by atoms with Crippen molar-refractivity contribution in [2.24, 2.45) is 5.73 Å². The molecule has 0 saturated heterocycles. The molecular weight excluding hydrogens is 244 g/mol. The molecule has 0 aromatic carbocycles. The van der Waals surface area contributed by atoms with Crippen LogP contribution in [-0.4, -0.2) is 28.2 Å². The summed E-state index contributed by atoms with van der Waals surface area (Å²) in [6.07, 6.45) is 1.70. The molecule has 1 aromatic heterocycles. The summed E-state index contributed by atoms with van der Waals surface area (Å²) < 4.78 is 11.1. The maximum absolute atomic E-state index is 11.1. The molecule has 1 aromatic rings. The Hall–Kier alpha value is -0.720. The standard InChI is InChI=1S/C10H16N2O2S2/c1-7(16(2)14)4-12-5-9-3-8(6-15-9)10(11)13/h3,6-7,12H,4-5H2,1-2H3,(H2,11,13). The van der Waals surface area contributed by atoms with Gasteiger partial charge < -0.3 is 11.1 Å². The summed E-state index contributed by atoms with van der Waals surface area (Å²) in [7, 11) is -0.804. The van der Waals surface area contributed by atoms with Gasteiger partial charge in [-0.15, -0.1) is 11.3 Å². The van der Waals surface area contributed by atoms with Gasteiger partial charge in [0.15, 0.2) is 0 Å². The molecular formula is C10H16N2O2S2. The Labute approximate surface area is 102 Å². The Morgan fingerprint density at radius 3 is 2.88 bits per heavy atom. The highest BCUT2D eigenvalue weighted by Gasteiger charge is 2.07. The highest BCUT2D eigenvalue weighted by molar-refractivity contribution is 7.84. The Morgan fingerprint density at radius 1 is 1.69 bits per heavy atom. The summed E-state index contributed by atoms with van der Waals surface area (Å²) in [5.41, 5.74) is 5.70. The molecule has 1 rings (SSSR count). The normalized spacial score (nSPS) is 14.6. The maximum atomic E-state index is 11.1. The van der Waals surface area contributed by atoms with Crippen molar-refractivity contribution in [1.29, 1.82) is 0 Å². The van der Waals surface area contributed by atoms with Crippen LogP contribution in [0, 0.1) is 0 Å². The van der Waals surface area contributed by atoms with Crippen molar-refractivity contribution in [3.63, 3.8) is 0 Å². The van der Waals surface area contributed by atoms with Gasteiger partial charge in [-0.1, -0.05) is 0 Å². The number of carbonyl (C=O) groups excluding carboxylic acids is 1. The number of carbonyl (C=O) groups is 1. The maximum Gasteiger partial charge on any atom is 0.249 e. The average molecular weight is 260 g/mol. The van der Waals surface area contributed by atoms with Crippen LogP contribution in [0.1, 0.15) is 22.2 Å². The van der Waals surface area contributed by atoms with Gasteiger partial charge in [-0.05, 0) is 13.0 Å². The van der Waals surface area contributed by atoms with E-state index < -0.39 is 16.7 Å². The molecule has 2 unspecified atom stereocenters. The molecule has 0 radical (unpaired) electrons. The number of hydrogen-bond acceptors (Lipinski definition) is 4. The number of nitrogens with two attached hydrogens (primary N) is 1. The first-order valence-corrected chi connectivity index (χ1v) is 7.41. The molecule has 0 aliphatic carbocycles. The van der Waals surface area contributed by atoms with Gasteiger partial charge >= 0.3 is 0 Å². The second-order valence-corrected chi connectivity index (χ2v) is 6.40. The quantitative estimate of drug-likeness (QED) is 0.791. The number of rotatable bonds is 6. The van der Waals surface area contributed by atoms with Gasteiger partial charge in [0.25, 0.3) is 0 Å². The molecule has 3 N–H and O–H groups in total. The van der Waals surface area contributed by atoms with Crippen LogP contribution in [0.5, 0.6) is 0 Å². The van der Waals surface area contributed by atoms with Crippen molar-refractivity contribution < 1.29 is 9.00 Å². The first kappa shape index (κ1) is 13.3. The summed E-state index contributed by atoms with van der Waals surface area (Å²) >= 11 is 1.50. The van der Waals surface area contributed by atoms with Crippen LogP contribution in [0.25, 0.3) is 0 Å².